The highest BCUT2D eigenvalue weighted by Gasteiger charge is 2.16. The number of rotatable bonds is 6. The molecule has 0 saturated carbocycles. The molecule has 5 aromatic carbocycles. The van der Waals surface area contributed by atoms with Crippen LogP contribution in [0.1, 0.15) is 0 Å². The van der Waals surface area contributed by atoms with E-state index in [0.29, 0.717) is 22.7 Å². The molecule has 0 spiro atoms. The van der Waals surface area contributed by atoms with Gasteiger partial charge in [-0.05, 0) is 121 Å². The Kier molecular flexibility index (Phi) is 11.9. The molecular weight excluding hydrogens is 488 g/mol. The smallest absolute Gasteiger partial charge is 0.0463 e. The summed E-state index contributed by atoms with van der Waals surface area (Å²) in [6.45, 7) is 0. The monoisotopic (exact) mass is 516 g/mol. The molecule has 0 aliphatic heterocycles. The van der Waals surface area contributed by atoms with E-state index in [1.807, 2.05) is 97.1 Å². The van der Waals surface area contributed by atoms with E-state index in [2.05, 4.69) is 34.1 Å². The zero-order chi connectivity index (χ0) is 25.1. The molecule has 10 heteroatoms. The van der Waals surface area contributed by atoms with Crippen LogP contribution in [0.4, 0.5) is 56.9 Å². The van der Waals surface area contributed by atoms with Gasteiger partial charge in [0, 0.05) is 90.5 Å². The third-order valence-electron chi connectivity index (χ3n) is 5.97. The average Bonchev–Trinajstić information content (AvgIpc) is 2.90. The molecule has 5 aromatic rings. The molecule has 0 aromatic heterocycles. The molecule has 40 heavy (non-hydrogen) atoms. The lowest BCUT2D eigenvalue weighted by Gasteiger charge is -2.28. The molecule has 0 aliphatic rings. The Hall–Kier alpha value is -4.84. The van der Waals surface area contributed by atoms with Crippen molar-refractivity contribution in [2.24, 2.45) is 0 Å². The summed E-state index contributed by atoms with van der Waals surface area (Å²) < 4.78 is 0. The molecule has 12 radical (unpaired) electrons. The van der Waals surface area contributed by atoms with E-state index in [4.69, 9.17) is 22.9 Å². The average molecular weight is 516 g/mol. The lowest BCUT2D eigenvalue weighted by Crippen LogP contribution is -2.12. The molecule has 5 rings (SSSR count). The lowest BCUT2D eigenvalue weighted by atomic mass is 10.1. The van der Waals surface area contributed by atoms with E-state index < -0.39 is 0 Å². The highest BCUT2D eigenvalue weighted by Crippen LogP contribution is 2.39. The zero-order valence-electron chi connectivity index (χ0n) is 22.1. The van der Waals surface area contributed by atoms with Gasteiger partial charge in [0.1, 0.15) is 0 Å². The van der Waals surface area contributed by atoms with Crippen LogP contribution in [0.25, 0.3) is 0 Å². The molecule has 8 N–H and O–H groups in total. The molecule has 0 bridgehead atoms. The maximum Gasteiger partial charge on any atom is 0.0463 e. The Bertz CT molecular complexity index is 1240. The van der Waals surface area contributed by atoms with Crippen LogP contribution in [0.5, 0.6) is 0 Å². The Morgan fingerprint density at radius 2 is 0.375 bits per heavy atom. The quantitative estimate of drug-likeness (QED) is 0.177. The largest absolute Gasteiger partial charge is 0.399 e. The van der Waals surface area contributed by atoms with E-state index >= 15 is 0 Å². The van der Waals surface area contributed by atoms with Crippen molar-refractivity contribution < 1.29 is 0 Å². The van der Waals surface area contributed by atoms with Crippen molar-refractivity contribution in [2.45, 2.75) is 0 Å². The van der Waals surface area contributed by atoms with Crippen LogP contribution in [0, 0.1) is 0 Å². The molecule has 6 nitrogen and oxygen atoms in total. The van der Waals surface area contributed by atoms with Crippen LogP contribution in [0.3, 0.4) is 0 Å². The molecule has 0 atom stereocenters. The minimum atomic E-state index is 0. The second kappa shape index (κ2) is 14.4. The molecule has 190 valence electrons. The van der Waals surface area contributed by atoms with Crippen LogP contribution in [-0.2, 0) is 0 Å². The van der Waals surface area contributed by atoms with Gasteiger partial charge in [0.05, 0.1) is 0 Å². The standard InChI is InChI=1S/C30H28N6.4B/c31-21-1-9-25(10-2-21)35(26-11-3-22(32)4-12-26)29-17-19-30(20-18-29)36(27-13-5-23(33)6-14-27)28-15-7-24(34)8-16-28;;;;/h1-20H,31-34H2;;;;. The van der Waals surface area contributed by atoms with Gasteiger partial charge in [-0.1, -0.05) is 0 Å². The van der Waals surface area contributed by atoms with Gasteiger partial charge in [-0.3, -0.25) is 0 Å². The van der Waals surface area contributed by atoms with E-state index in [0.717, 1.165) is 34.1 Å². The van der Waals surface area contributed by atoms with Crippen LogP contribution < -0.4 is 32.7 Å². The first kappa shape index (κ1) is 33.2. The molecule has 0 heterocycles. The number of nitrogens with two attached hydrogens (primary N) is 4. The predicted molar refractivity (Wildman–Crippen MR) is 176 cm³/mol. The van der Waals surface area contributed by atoms with Gasteiger partial charge in [-0.25, -0.2) is 0 Å². The molecule has 0 aliphatic carbocycles. The fourth-order valence-corrected chi connectivity index (χ4v) is 4.14. The van der Waals surface area contributed by atoms with Crippen molar-refractivity contribution in [3.05, 3.63) is 121 Å². The third-order valence-corrected chi connectivity index (χ3v) is 5.97. The summed E-state index contributed by atoms with van der Waals surface area (Å²) in [5.74, 6) is 0. The van der Waals surface area contributed by atoms with Crippen molar-refractivity contribution in [2.75, 3.05) is 32.7 Å². The maximum absolute atomic E-state index is 5.95. The van der Waals surface area contributed by atoms with Crippen molar-refractivity contribution in [3.63, 3.8) is 0 Å². The highest BCUT2D eigenvalue weighted by molar-refractivity contribution is 5.82. The number of benzene rings is 5. The van der Waals surface area contributed by atoms with Gasteiger partial charge in [0.25, 0.3) is 0 Å². The Labute approximate surface area is 244 Å². The normalized spacial score (nSPS) is 9.60. The van der Waals surface area contributed by atoms with E-state index in [1.54, 1.807) is 0 Å². The molecule has 0 saturated heterocycles. The van der Waals surface area contributed by atoms with Gasteiger partial charge in [0.15, 0.2) is 0 Å². The summed E-state index contributed by atoms with van der Waals surface area (Å²) in [6, 6.07) is 39.7. The summed E-state index contributed by atoms with van der Waals surface area (Å²) in [5.41, 5.74) is 32.7. The fraction of sp³-hybridized carbons (Fsp3) is 0. The van der Waals surface area contributed by atoms with Crippen molar-refractivity contribution in [3.8, 4) is 0 Å². The minimum Gasteiger partial charge on any atom is -0.399 e. The highest BCUT2D eigenvalue weighted by atomic mass is 15.2. The van der Waals surface area contributed by atoms with E-state index in [-0.39, 0.29) is 33.7 Å². The van der Waals surface area contributed by atoms with Crippen LogP contribution in [0.15, 0.2) is 121 Å². The third kappa shape index (κ3) is 7.17. The van der Waals surface area contributed by atoms with Gasteiger partial charge in [0.2, 0.25) is 0 Å². The van der Waals surface area contributed by atoms with Crippen molar-refractivity contribution in [1.29, 1.82) is 0 Å². The van der Waals surface area contributed by atoms with Gasteiger partial charge >= 0.3 is 0 Å². The van der Waals surface area contributed by atoms with Gasteiger partial charge < -0.3 is 32.7 Å². The number of anilines is 10. The SMILES string of the molecule is Nc1ccc(N(c2ccc(N)cc2)c2ccc(N(c3ccc(N)cc3)c3ccc(N)cc3)cc2)cc1.[B].[B].[B].[B]. The molecule has 0 unspecified atom stereocenters. The first-order chi connectivity index (χ1) is 17.5. The van der Waals surface area contributed by atoms with Crippen molar-refractivity contribution in [1.82, 2.24) is 0 Å². The predicted octanol–water partition coefficient (Wildman–Crippen LogP) is 5.43. The molecule has 0 fully saturated rings. The topological polar surface area (TPSA) is 111 Å². The summed E-state index contributed by atoms with van der Waals surface area (Å²) in [5, 5.41) is 0. The summed E-state index contributed by atoms with van der Waals surface area (Å²) in [6.07, 6.45) is 0. The van der Waals surface area contributed by atoms with E-state index in [9.17, 15) is 0 Å². The van der Waals surface area contributed by atoms with Gasteiger partial charge in [-0.15, -0.1) is 0 Å². The van der Waals surface area contributed by atoms with Crippen LogP contribution in [-0.4, -0.2) is 33.7 Å². The summed E-state index contributed by atoms with van der Waals surface area (Å²) in [7, 11) is 0. The number of hydrogen-bond acceptors (Lipinski definition) is 6. The number of nitrogen functional groups attached to an aromatic ring is 4. The van der Waals surface area contributed by atoms with Gasteiger partial charge in [-0.2, -0.15) is 0 Å². The maximum atomic E-state index is 5.95. The molecular formula is C30H28B4N6. The lowest BCUT2D eigenvalue weighted by molar-refractivity contribution is 1.26. The molecule has 0 amide bonds. The fourth-order valence-electron chi connectivity index (χ4n) is 4.14. The summed E-state index contributed by atoms with van der Waals surface area (Å²) >= 11 is 0. The summed E-state index contributed by atoms with van der Waals surface area (Å²) in [4.78, 5) is 4.33. The second-order valence-electron chi connectivity index (χ2n) is 8.55. The first-order valence-corrected chi connectivity index (χ1v) is 11.6. The van der Waals surface area contributed by atoms with E-state index in [1.165, 1.54) is 0 Å². The van der Waals surface area contributed by atoms with Crippen molar-refractivity contribution >= 4 is 90.5 Å². The first-order valence-electron chi connectivity index (χ1n) is 11.6. The minimum absolute atomic E-state index is 0. The number of nitrogens with zero attached hydrogens (tertiary/aromatic N) is 2. The second-order valence-corrected chi connectivity index (χ2v) is 8.55. The number of hydrogen-bond donors (Lipinski definition) is 4. The van der Waals surface area contributed by atoms with Crippen LogP contribution >= 0.6 is 0 Å². The zero-order valence-corrected chi connectivity index (χ0v) is 22.1. The Balaban J connectivity index is 0.00000200. The van der Waals surface area contributed by atoms with Crippen LogP contribution in [0.2, 0.25) is 0 Å². The Morgan fingerprint density at radius 3 is 0.525 bits per heavy atom. The Morgan fingerprint density at radius 1 is 0.250 bits per heavy atom.